The molecule has 0 saturated heterocycles. The molecule has 1 aromatic rings. The second-order valence-corrected chi connectivity index (χ2v) is 6.39. The number of hydrogen-bond donors (Lipinski definition) is 2. The Hall–Kier alpha value is -1.56. The molecule has 1 amide bonds. The normalized spacial score (nSPS) is 14.8. The van der Waals surface area contributed by atoms with Crippen molar-refractivity contribution in [1.82, 2.24) is 15.1 Å². The molecule has 3 N–H and O–H groups in total. The van der Waals surface area contributed by atoms with Gasteiger partial charge < -0.3 is 15.8 Å². The molecule has 6 nitrogen and oxygen atoms in total. The summed E-state index contributed by atoms with van der Waals surface area (Å²) < 4.78 is 7.04. The van der Waals surface area contributed by atoms with Crippen LogP contribution in [0.2, 0.25) is 0 Å². The van der Waals surface area contributed by atoms with Crippen LogP contribution in [-0.2, 0) is 17.2 Å². The first-order valence-electron chi connectivity index (χ1n) is 6.75. The molecule has 0 aliphatic carbocycles. The van der Waals surface area contributed by atoms with Crippen molar-refractivity contribution in [3.63, 3.8) is 0 Å². The van der Waals surface area contributed by atoms with Crippen LogP contribution in [0.4, 0.5) is 4.79 Å². The van der Waals surface area contributed by atoms with E-state index in [1.165, 1.54) is 0 Å². The van der Waals surface area contributed by atoms with E-state index in [4.69, 9.17) is 10.5 Å². The predicted octanol–water partition coefficient (Wildman–Crippen LogP) is 1.47. The van der Waals surface area contributed by atoms with Crippen molar-refractivity contribution in [2.75, 3.05) is 13.1 Å². The summed E-state index contributed by atoms with van der Waals surface area (Å²) in [6.07, 6.45) is 1.37. The highest BCUT2D eigenvalue weighted by Crippen LogP contribution is 2.24. The highest BCUT2D eigenvalue weighted by Gasteiger charge is 2.30. The first kappa shape index (κ1) is 16.5. The minimum Gasteiger partial charge on any atom is -0.444 e. The summed E-state index contributed by atoms with van der Waals surface area (Å²) in [5.74, 6) is 0. The lowest BCUT2D eigenvalue weighted by Crippen LogP contribution is -2.45. The van der Waals surface area contributed by atoms with Crippen LogP contribution in [0.5, 0.6) is 0 Å². The second kappa shape index (κ2) is 5.83. The number of rotatable bonds is 4. The van der Waals surface area contributed by atoms with E-state index >= 15 is 0 Å². The Morgan fingerprint density at radius 3 is 2.45 bits per heavy atom. The average molecular weight is 282 g/mol. The Labute approximate surface area is 120 Å². The smallest absolute Gasteiger partial charge is 0.407 e. The van der Waals surface area contributed by atoms with E-state index in [-0.39, 0.29) is 5.41 Å². The SMILES string of the molecule is Cc1c(C(C)(CN)CNC(=O)OC(C)(C)C)cnn1C. The van der Waals surface area contributed by atoms with Crippen molar-refractivity contribution in [3.8, 4) is 0 Å². The molecule has 20 heavy (non-hydrogen) atoms. The first-order chi connectivity index (χ1) is 9.09. The minimum atomic E-state index is -0.507. The first-order valence-corrected chi connectivity index (χ1v) is 6.75. The van der Waals surface area contributed by atoms with Crippen LogP contribution in [0.1, 0.15) is 39.0 Å². The van der Waals surface area contributed by atoms with Gasteiger partial charge in [0.1, 0.15) is 5.60 Å². The summed E-state index contributed by atoms with van der Waals surface area (Å²) in [6.45, 7) is 10.3. The lowest BCUT2D eigenvalue weighted by atomic mass is 9.83. The highest BCUT2D eigenvalue weighted by molar-refractivity contribution is 5.67. The zero-order chi connectivity index (χ0) is 15.6. The molecule has 0 bridgehead atoms. The van der Waals surface area contributed by atoms with E-state index in [0.29, 0.717) is 13.1 Å². The fraction of sp³-hybridized carbons (Fsp3) is 0.714. The molecule has 0 saturated carbocycles. The van der Waals surface area contributed by atoms with Crippen LogP contribution < -0.4 is 11.1 Å². The monoisotopic (exact) mass is 282 g/mol. The number of ether oxygens (including phenoxy) is 1. The van der Waals surface area contributed by atoms with Crippen LogP contribution in [0.15, 0.2) is 6.20 Å². The molecule has 1 heterocycles. The van der Waals surface area contributed by atoms with Crippen molar-refractivity contribution in [3.05, 3.63) is 17.5 Å². The summed E-state index contributed by atoms with van der Waals surface area (Å²) >= 11 is 0. The second-order valence-electron chi connectivity index (χ2n) is 6.39. The van der Waals surface area contributed by atoms with Gasteiger partial charge in [0.2, 0.25) is 0 Å². The predicted molar refractivity (Wildman–Crippen MR) is 78.6 cm³/mol. The van der Waals surface area contributed by atoms with Gasteiger partial charge in [-0.2, -0.15) is 5.10 Å². The van der Waals surface area contributed by atoms with Gasteiger partial charge in [-0.25, -0.2) is 4.79 Å². The molecule has 114 valence electrons. The van der Waals surface area contributed by atoms with Crippen molar-refractivity contribution >= 4 is 6.09 Å². The van der Waals surface area contributed by atoms with E-state index in [1.54, 1.807) is 10.9 Å². The molecular weight excluding hydrogens is 256 g/mol. The number of carbonyl (C=O) groups is 1. The van der Waals surface area contributed by atoms with Gasteiger partial charge in [0.15, 0.2) is 0 Å². The standard InChI is InChI=1S/C14H26N4O2/c1-10-11(7-17-18(10)6)14(5,8-15)9-16-12(19)20-13(2,3)4/h7H,8-9,15H2,1-6H3,(H,16,19). The lowest BCUT2D eigenvalue weighted by molar-refractivity contribution is 0.0516. The van der Waals surface area contributed by atoms with Crippen molar-refractivity contribution in [2.24, 2.45) is 12.8 Å². The van der Waals surface area contributed by atoms with Gasteiger partial charge in [-0.05, 0) is 27.7 Å². The zero-order valence-corrected chi connectivity index (χ0v) is 13.3. The average Bonchev–Trinajstić information content (AvgIpc) is 2.66. The topological polar surface area (TPSA) is 82.2 Å². The fourth-order valence-corrected chi connectivity index (χ4v) is 1.95. The highest BCUT2D eigenvalue weighted by atomic mass is 16.6. The molecule has 0 aliphatic rings. The van der Waals surface area contributed by atoms with Gasteiger partial charge >= 0.3 is 6.09 Å². The zero-order valence-electron chi connectivity index (χ0n) is 13.3. The molecule has 1 rings (SSSR count). The van der Waals surface area contributed by atoms with E-state index in [1.807, 2.05) is 41.7 Å². The number of nitrogens with two attached hydrogens (primary N) is 1. The molecule has 0 aromatic carbocycles. The molecule has 1 aromatic heterocycles. The van der Waals surface area contributed by atoms with Gasteiger partial charge in [-0.1, -0.05) is 6.92 Å². The third kappa shape index (κ3) is 3.96. The molecule has 0 fully saturated rings. The van der Waals surface area contributed by atoms with E-state index in [2.05, 4.69) is 10.4 Å². The van der Waals surface area contributed by atoms with Gasteiger partial charge in [-0.3, -0.25) is 4.68 Å². The largest absolute Gasteiger partial charge is 0.444 e. The number of nitrogens with one attached hydrogen (secondary N) is 1. The van der Waals surface area contributed by atoms with E-state index in [9.17, 15) is 4.79 Å². The molecule has 0 aliphatic heterocycles. The number of nitrogens with zero attached hydrogens (tertiary/aromatic N) is 2. The summed E-state index contributed by atoms with van der Waals surface area (Å²) in [5.41, 5.74) is 7.11. The van der Waals surface area contributed by atoms with Crippen molar-refractivity contribution in [2.45, 2.75) is 45.6 Å². The molecule has 0 spiro atoms. The number of carbonyl (C=O) groups excluding carboxylic acids is 1. The van der Waals surface area contributed by atoms with E-state index < -0.39 is 11.7 Å². The Morgan fingerprint density at radius 2 is 2.05 bits per heavy atom. The van der Waals surface area contributed by atoms with Gasteiger partial charge in [-0.15, -0.1) is 0 Å². The Kier molecular flexibility index (Phi) is 4.81. The lowest BCUT2D eigenvalue weighted by Gasteiger charge is -2.29. The molecule has 6 heteroatoms. The summed E-state index contributed by atoms with van der Waals surface area (Å²) in [6, 6.07) is 0. The number of alkyl carbamates (subject to hydrolysis) is 1. The summed E-state index contributed by atoms with van der Waals surface area (Å²) in [4.78, 5) is 11.7. The molecule has 1 atom stereocenters. The summed E-state index contributed by atoms with van der Waals surface area (Å²) in [7, 11) is 1.89. The van der Waals surface area contributed by atoms with Crippen LogP contribution in [0.25, 0.3) is 0 Å². The van der Waals surface area contributed by atoms with Gasteiger partial charge in [0.05, 0.1) is 6.20 Å². The maximum atomic E-state index is 11.7. The van der Waals surface area contributed by atoms with Crippen molar-refractivity contribution < 1.29 is 9.53 Å². The maximum absolute atomic E-state index is 11.7. The maximum Gasteiger partial charge on any atom is 0.407 e. The third-order valence-electron chi connectivity index (χ3n) is 3.36. The number of amides is 1. The fourth-order valence-electron chi connectivity index (χ4n) is 1.95. The number of aromatic nitrogens is 2. The summed E-state index contributed by atoms with van der Waals surface area (Å²) in [5, 5.41) is 7.02. The van der Waals surface area contributed by atoms with Crippen LogP contribution in [0.3, 0.4) is 0 Å². The molecule has 0 radical (unpaired) electrons. The quantitative estimate of drug-likeness (QED) is 0.876. The Morgan fingerprint density at radius 1 is 1.45 bits per heavy atom. The van der Waals surface area contributed by atoms with Gasteiger partial charge in [0.25, 0.3) is 0 Å². The number of aryl methyl sites for hydroxylation is 1. The third-order valence-corrected chi connectivity index (χ3v) is 3.36. The minimum absolute atomic E-state index is 0.366. The Bertz CT molecular complexity index is 476. The Balaban J connectivity index is 2.76. The van der Waals surface area contributed by atoms with Crippen LogP contribution >= 0.6 is 0 Å². The van der Waals surface area contributed by atoms with Gasteiger partial charge in [0, 0.05) is 36.8 Å². The van der Waals surface area contributed by atoms with Crippen LogP contribution in [-0.4, -0.2) is 34.6 Å². The van der Waals surface area contributed by atoms with Crippen molar-refractivity contribution in [1.29, 1.82) is 0 Å². The molecule has 1 unspecified atom stereocenters. The number of hydrogen-bond acceptors (Lipinski definition) is 4. The molecular formula is C14H26N4O2. The van der Waals surface area contributed by atoms with Crippen LogP contribution in [0, 0.1) is 6.92 Å². The van der Waals surface area contributed by atoms with E-state index in [0.717, 1.165) is 11.3 Å².